The van der Waals surface area contributed by atoms with Gasteiger partial charge in [0.2, 0.25) is 0 Å². The molecule has 1 fully saturated rings. The first-order valence-corrected chi connectivity index (χ1v) is 6.25. The molecule has 0 aromatic heterocycles. The minimum absolute atomic E-state index is 0.0299. The van der Waals surface area contributed by atoms with E-state index in [1.807, 2.05) is 6.07 Å². The van der Waals surface area contributed by atoms with Crippen LogP contribution in [-0.2, 0) is 4.74 Å². The fourth-order valence-electron chi connectivity index (χ4n) is 2.55. The number of anilines is 1. The number of hydrogen-bond donors (Lipinski definition) is 1. The van der Waals surface area contributed by atoms with Gasteiger partial charge in [0.15, 0.2) is 0 Å². The standard InChI is InChI=1S/C14H22N2O/c1-14(11-15,12-8-9-17-10-12)16(2)13-6-4-3-5-7-13/h3-7,12H,8-11,15H2,1-2H3. The van der Waals surface area contributed by atoms with E-state index >= 15 is 0 Å². The zero-order chi connectivity index (χ0) is 12.3. The lowest BCUT2D eigenvalue weighted by molar-refractivity contribution is 0.166. The van der Waals surface area contributed by atoms with E-state index in [-0.39, 0.29) is 5.54 Å². The van der Waals surface area contributed by atoms with Crippen LogP contribution in [0.2, 0.25) is 0 Å². The quantitative estimate of drug-likeness (QED) is 0.864. The van der Waals surface area contributed by atoms with Gasteiger partial charge in [-0.2, -0.15) is 0 Å². The molecule has 0 spiro atoms. The number of likely N-dealkylation sites (N-methyl/N-ethyl adjacent to an activating group) is 1. The van der Waals surface area contributed by atoms with Crippen molar-refractivity contribution in [1.29, 1.82) is 0 Å². The Kier molecular flexibility index (Phi) is 3.69. The molecule has 94 valence electrons. The third kappa shape index (κ3) is 2.31. The van der Waals surface area contributed by atoms with Crippen LogP contribution < -0.4 is 10.6 Å². The third-order valence-corrected chi connectivity index (χ3v) is 4.13. The van der Waals surface area contributed by atoms with Gasteiger partial charge in [-0.15, -0.1) is 0 Å². The van der Waals surface area contributed by atoms with E-state index in [1.54, 1.807) is 0 Å². The molecule has 2 N–H and O–H groups in total. The van der Waals surface area contributed by atoms with Crippen molar-refractivity contribution in [3.05, 3.63) is 30.3 Å². The molecule has 2 rings (SSSR count). The molecule has 1 saturated heterocycles. The number of hydrogen-bond acceptors (Lipinski definition) is 3. The van der Waals surface area contributed by atoms with Crippen molar-refractivity contribution in [2.24, 2.45) is 11.7 Å². The highest BCUT2D eigenvalue weighted by Crippen LogP contribution is 2.32. The van der Waals surface area contributed by atoms with E-state index in [4.69, 9.17) is 10.5 Å². The Bertz CT molecular complexity index is 348. The van der Waals surface area contributed by atoms with Crippen LogP contribution in [0.15, 0.2) is 30.3 Å². The van der Waals surface area contributed by atoms with Crippen molar-refractivity contribution in [3.63, 3.8) is 0 Å². The Morgan fingerprint density at radius 1 is 1.41 bits per heavy atom. The summed E-state index contributed by atoms with van der Waals surface area (Å²) in [5, 5.41) is 0. The van der Waals surface area contributed by atoms with Crippen molar-refractivity contribution in [3.8, 4) is 0 Å². The van der Waals surface area contributed by atoms with Crippen molar-refractivity contribution < 1.29 is 4.74 Å². The molecular formula is C14H22N2O. The van der Waals surface area contributed by atoms with E-state index in [9.17, 15) is 0 Å². The normalized spacial score (nSPS) is 23.4. The summed E-state index contributed by atoms with van der Waals surface area (Å²) in [6.45, 7) is 4.57. The number of nitrogens with zero attached hydrogens (tertiary/aromatic N) is 1. The van der Waals surface area contributed by atoms with E-state index in [1.165, 1.54) is 5.69 Å². The lowest BCUT2D eigenvalue weighted by Crippen LogP contribution is -2.55. The molecule has 17 heavy (non-hydrogen) atoms. The van der Waals surface area contributed by atoms with Crippen LogP contribution in [-0.4, -0.2) is 32.3 Å². The topological polar surface area (TPSA) is 38.5 Å². The van der Waals surface area contributed by atoms with Gasteiger partial charge >= 0.3 is 0 Å². The Labute approximate surface area is 104 Å². The lowest BCUT2D eigenvalue weighted by Gasteiger charge is -2.43. The fourth-order valence-corrected chi connectivity index (χ4v) is 2.55. The van der Waals surface area contributed by atoms with Gasteiger partial charge in [0.1, 0.15) is 0 Å². The number of rotatable bonds is 4. The van der Waals surface area contributed by atoms with E-state index in [0.717, 1.165) is 19.6 Å². The van der Waals surface area contributed by atoms with Gasteiger partial charge in [-0.25, -0.2) is 0 Å². The van der Waals surface area contributed by atoms with E-state index < -0.39 is 0 Å². The first-order valence-electron chi connectivity index (χ1n) is 6.25. The molecule has 1 aliphatic heterocycles. The molecule has 0 saturated carbocycles. The number of para-hydroxylation sites is 1. The van der Waals surface area contributed by atoms with Crippen LogP contribution in [0.5, 0.6) is 0 Å². The molecular weight excluding hydrogens is 212 g/mol. The van der Waals surface area contributed by atoms with Crippen molar-refractivity contribution in [2.75, 3.05) is 31.7 Å². The van der Waals surface area contributed by atoms with Crippen LogP contribution >= 0.6 is 0 Å². The van der Waals surface area contributed by atoms with Gasteiger partial charge in [0, 0.05) is 31.8 Å². The molecule has 1 aromatic rings. The van der Waals surface area contributed by atoms with Crippen LogP contribution in [0.1, 0.15) is 13.3 Å². The lowest BCUT2D eigenvalue weighted by atomic mass is 9.83. The second kappa shape index (κ2) is 5.07. The number of nitrogens with two attached hydrogens (primary N) is 1. The molecule has 1 aromatic carbocycles. The van der Waals surface area contributed by atoms with Gasteiger partial charge in [0.25, 0.3) is 0 Å². The van der Waals surface area contributed by atoms with Crippen molar-refractivity contribution >= 4 is 5.69 Å². The predicted octanol–water partition coefficient (Wildman–Crippen LogP) is 1.88. The highest BCUT2D eigenvalue weighted by atomic mass is 16.5. The fraction of sp³-hybridized carbons (Fsp3) is 0.571. The van der Waals surface area contributed by atoms with Gasteiger partial charge in [-0.05, 0) is 25.5 Å². The Morgan fingerprint density at radius 3 is 2.65 bits per heavy atom. The summed E-state index contributed by atoms with van der Waals surface area (Å²) in [5.41, 5.74) is 7.21. The van der Waals surface area contributed by atoms with Crippen LogP contribution in [0.3, 0.4) is 0 Å². The summed E-state index contributed by atoms with van der Waals surface area (Å²) in [4.78, 5) is 2.30. The maximum absolute atomic E-state index is 6.03. The van der Waals surface area contributed by atoms with Gasteiger partial charge in [0.05, 0.1) is 12.1 Å². The Hall–Kier alpha value is -1.06. The SMILES string of the molecule is CN(c1ccccc1)C(C)(CN)C1CCOC1. The first-order chi connectivity index (χ1) is 8.18. The summed E-state index contributed by atoms with van der Waals surface area (Å²) in [6.07, 6.45) is 1.10. The number of benzene rings is 1. The zero-order valence-electron chi connectivity index (χ0n) is 10.7. The minimum atomic E-state index is -0.0299. The van der Waals surface area contributed by atoms with Crippen molar-refractivity contribution in [2.45, 2.75) is 18.9 Å². The second-order valence-corrected chi connectivity index (χ2v) is 5.02. The smallest absolute Gasteiger partial charge is 0.0543 e. The molecule has 2 atom stereocenters. The van der Waals surface area contributed by atoms with E-state index in [2.05, 4.69) is 43.1 Å². The molecule has 2 unspecified atom stereocenters. The molecule has 0 amide bonds. The largest absolute Gasteiger partial charge is 0.381 e. The molecule has 3 nitrogen and oxygen atoms in total. The summed E-state index contributed by atoms with van der Waals surface area (Å²) in [6, 6.07) is 10.4. The third-order valence-electron chi connectivity index (χ3n) is 4.13. The average molecular weight is 234 g/mol. The van der Waals surface area contributed by atoms with Crippen molar-refractivity contribution in [1.82, 2.24) is 0 Å². The molecule has 0 aliphatic carbocycles. The second-order valence-electron chi connectivity index (χ2n) is 5.02. The molecule has 1 heterocycles. The molecule has 0 radical (unpaired) electrons. The maximum atomic E-state index is 6.03. The summed E-state index contributed by atoms with van der Waals surface area (Å²) < 4.78 is 5.51. The summed E-state index contributed by atoms with van der Waals surface area (Å²) in [5.74, 6) is 0.512. The van der Waals surface area contributed by atoms with Crippen LogP contribution in [0.4, 0.5) is 5.69 Å². The summed E-state index contributed by atoms with van der Waals surface area (Å²) in [7, 11) is 2.13. The average Bonchev–Trinajstić information content (AvgIpc) is 2.92. The molecule has 1 aliphatic rings. The maximum Gasteiger partial charge on any atom is 0.0543 e. The molecule has 3 heteroatoms. The first kappa shape index (κ1) is 12.4. The predicted molar refractivity (Wildman–Crippen MR) is 71.2 cm³/mol. The highest BCUT2D eigenvalue weighted by Gasteiger charge is 2.39. The van der Waals surface area contributed by atoms with E-state index in [0.29, 0.717) is 12.5 Å². The molecule has 0 bridgehead atoms. The van der Waals surface area contributed by atoms with Gasteiger partial charge in [-0.3, -0.25) is 0 Å². The summed E-state index contributed by atoms with van der Waals surface area (Å²) >= 11 is 0. The number of ether oxygens (including phenoxy) is 1. The Balaban J connectivity index is 2.22. The Morgan fingerprint density at radius 2 is 2.12 bits per heavy atom. The van der Waals surface area contributed by atoms with Gasteiger partial charge in [-0.1, -0.05) is 18.2 Å². The minimum Gasteiger partial charge on any atom is -0.381 e. The monoisotopic (exact) mass is 234 g/mol. The zero-order valence-corrected chi connectivity index (χ0v) is 10.7. The highest BCUT2D eigenvalue weighted by molar-refractivity contribution is 5.48. The van der Waals surface area contributed by atoms with Gasteiger partial charge < -0.3 is 15.4 Å². The van der Waals surface area contributed by atoms with Crippen LogP contribution in [0, 0.1) is 5.92 Å². The van der Waals surface area contributed by atoms with Crippen LogP contribution in [0.25, 0.3) is 0 Å².